The molecule has 5 rings (SSSR count). The van der Waals surface area contributed by atoms with Crippen molar-refractivity contribution in [3.8, 4) is 0 Å². The van der Waals surface area contributed by atoms with Crippen LogP contribution in [0.25, 0.3) is 11.0 Å². The van der Waals surface area contributed by atoms with Crippen molar-refractivity contribution >= 4 is 28.7 Å². The average molecular weight is 363 g/mol. The Labute approximate surface area is 154 Å². The maximum Gasteiger partial charge on any atom is 0.251 e. The van der Waals surface area contributed by atoms with Crippen molar-refractivity contribution in [2.75, 3.05) is 18.0 Å². The Balaban J connectivity index is 1.21. The molecule has 0 spiro atoms. The Hall–Kier alpha value is -3.42. The highest BCUT2D eigenvalue weighted by molar-refractivity contribution is 5.98. The molecule has 8 nitrogen and oxygen atoms in total. The van der Waals surface area contributed by atoms with Crippen LogP contribution in [0.5, 0.6) is 0 Å². The van der Waals surface area contributed by atoms with Crippen LogP contribution in [0, 0.1) is 11.8 Å². The summed E-state index contributed by atoms with van der Waals surface area (Å²) in [4.78, 5) is 34.1. The molecule has 0 radical (unpaired) electrons. The third-order valence-corrected chi connectivity index (χ3v) is 5.41. The van der Waals surface area contributed by atoms with Crippen molar-refractivity contribution < 1.29 is 14.0 Å². The molecule has 3 N–H and O–H groups in total. The summed E-state index contributed by atoms with van der Waals surface area (Å²) < 4.78 is 5.31. The monoisotopic (exact) mass is 363 g/mol. The van der Waals surface area contributed by atoms with E-state index in [1.54, 1.807) is 12.3 Å². The van der Waals surface area contributed by atoms with E-state index in [1.165, 1.54) is 12.4 Å². The van der Waals surface area contributed by atoms with Gasteiger partial charge in [-0.3, -0.25) is 9.59 Å². The Kier molecular flexibility index (Phi) is 3.40. The first-order valence-corrected chi connectivity index (χ1v) is 8.75. The third-order valence-electron chi connectivity index (χ3n) is 5.41. The summed E-state index contributed by atoms with van der Waals surface area (Å²) in [5.74, 6) is 0.771. The van der Waals surface area contributed by atoms with Crippen LogP contribution < -0.4 is 16.0 Å². The first kappa shape index (κ1) is 15.8. The Morgan fingerprint density at radius 1 is 1.11 bits per heavy atom. The normalized spacial score (nSPS) is 23.3. The minimum Gasteiger partial charge on any atom is -0.464 e. The summed E-state index contributed by atoms with van der Waals surface area (Å²) in [6.45, 7) is 1.57. The van der Waals surface area contributed by atoms with Crippen LogP contribution in [-0.2, 0) is 0 Å². The second-order valence-corrected chi connectivity index (χ2v) is 7.04. The van der Waals surface area contributed by atoms with Crippen molar-refractivity contribution in [1.82, 2.24) is 15.3 Å². The number of piperidine rings is 1. The van der Waals surface area contributed by atoms with E-state index in [9.17, 15) is 9.59 Å². The molecule has 1 saturated carbocycles. The van der Waals surface area contributed by atoms with Gasteiger partial charge in [0.2, 0.25) is 5.95 Å². The zero-order valence-corrected chi connectivity index (χ0v) is 14.3. The minimum absolute atomic E-state index is 0.0638. The molecule has 1 aliphatic carbocycles. The van der Waals surface area contributed by atoms with E-state index in [2.05, 4.69) is 20.2 Å². The molecule has 2 unspecified atom stereocenters. The van der Waals surface area contributed by atoms with Gasteiger partial charge in [-0.15, -0.1) is 0 Å². The van der Waals surface area contributed by atoms with Crippen LogP contribution in [-0.4, -0.2) is 40.9 Å². The van der Waals surface area contributed by atoms with Crippen molar-refractivity contribution in [1.29, 1.82) is 0 Å². The van der Waals surface area contributed by atoms with Gasteiger partial charge in [-0.1, -0.05) is 0 Å². The lowest BCUT2D eigenvalue weighted by molar-refractivity contribution is 0.0946. The lowest BCUT2D eigenvalue weighted by atomic mass is 10.1. The second-order valence-electron chi connectivity index (χ2n) is 7.04. The molecule has 3 aromatic rings. The summed E-state index contributed by atoms with van der Waals surface area (Å²) in [6, 6.07) is 7.46. The van der Waals surface area contributed by atoms with Gasteiger partial charge in [-0.05, 0) is 24.3 Å². The summed E-state index contributed by atoms with van der Waals surface area (Å²) in [5.41, 5.74) is 6.91. The summed E-state index contributed by atoms with van der Waals surface area (Å²) >= 11 is 0. The van der Waals surface area contributed by atoms with Crippen molar-refractivity contribution in [2.24, 2.45) is 17.6 Å². The fraction of sp³-hybridized carbons (Fsp3) is 0.263. The standard InChI is InChI=1S/C19H17N5O3/c20-17(25)12-6-21-19(22-7-12)24-8-13-14(9-24)16(13)23-18(26)11-1-2-15-10(5-11)3-4-27-15/h1-7,13-14,16H,8-9H2,(H2,20,25)(H,23,26). The van der Waals surface area contributed by atoms with Gasteiger partial charge in [0.1, 0.15) is 5.58 Å². The fourth-order valence-corrected chi connectivity index (χ4v) is 3.86. The van der Waals surface area contributed by atoms with Gasteiger partial charge >= 0.3 is 0 Å². The molecule has 2 aliphatic rings. The molecule has 2 fully saturated rings. The number of amides is 2. The fourth-order valence-electron chi connectivity index (χ4n) is 3.86. The van der Waals surface area contributed by atoms with E-state index >= 15 is 0 Å². The summed E-state index contributed by atoms with van der Waals surface area (Å²) in [6.07, 6.45) is 4.50. The number of anilines is 1. The number of furan rings is 1. The molecule has 8 heteroatoms. The smallest absolute Gasteiger partial charge is 0.251 e. The van der Waals surface area contributed by atoms with Gasteiger partial charge in [-0.2, -0.15) is 0 Å². The van der Waals surface area contributed by atoms with Gasteiger partial charge in [0.05, 0.1) is 11.8 Å². The molecule has 1 aliphatic heterocycles. The van der Waals surface area contributed by atoms with E-state index in [1.807, 2.05) is 18.2 Å². The summed E-state index contributed by atoms with van der Waals surface area (Å²) in [5, 5.41) is 4.04. The van der Waals surface area contributed by atoms with Crippen molar-refractivity contribution in [3.05, 3.63) is 54.0 Å². The van der Waals surface area contributed by atoms with Crippen LogP contribution in [0.3, 0.4) is 0 Å². The highest BCUT2D eigenvalue weighted by Crippen LogP contribution is 2.46. The highest BCUT2D eigenvalue weighted by atomic mass is 16.3. The molecule has 27 heavy (non-hydrogen) atoms. The predicted octanol–water partition coefficient (Wildman–Crippen LogP) is 1.19. The van der Waals surface area contributed by atoms with E-state index in [4.69, 9.17) is 10.2 Å². The first-order valence-electron chi connectivity index (χ1n) is 8.75. The van der Waals surface area contributed by atoms with E-state index in [0.29, 0.717) is 28.9 Å². The maximum atomic E-state index is 12.5. The minimum atomic E-state index is -0.540. The summed E-state index contributed by atoms with van der Waals surface area (Å²) in [7, 11) is 0. The molecular formula is C19H17N5O3. The molecule has 136 valence electrons. The molecule has 1 saturated heterocycles. The molecule has 2 amide bonds. The zero-order valence-electron chi connectivity index (χ0n) is 14.3. The predicted molar refractivity (Wildman–Crippen MR) is 97.2 cm³/mol. The largest absolute Gasteiger partial charge is 0.464 e. The van der Waals surface area contributed by atoms with E-state index in [0.717, 1.165) is 24.1 Å². The van der Waals surface area contributed by atoms with Crippen LogP contribution in [0.1, 0.15) is 20.7 Å². The average Bonchev–Trinajstić information content (AvgIpc) is 3.08. The number of rotatable bonds is 4. The number of nitrogens with two attached hydrogens (primary N) is 1. The highest BCUT2D eigenvalue weighted by Gasteiger charge is 2.57. The Morgan fingerprint density at radius 2 is 1.85 bits per heavy atom. The van der Waals surface area contributed by atoms with Gasteiger partial charge in [0.15, 0.2) is 0 Å². The number of hydrogen-bond donors (Lipinski definition) is 2. The number of carbonyl (C=O) groups is 2. The number of nitrogens with one attached hydrogen (secondary N) is 1. The number of carbonyl (C=O) groups excluding carboxylic acids is 2. The lowest BCUT2D eigenvalue weighted by Crippen LogP contribution is -2.35. The molecule has 3 heterocycles. The van der Waals surface area contributed by atoms with Gasteiger partial charge in [0.25, 0.3) is 11.8 Å². The van der Waals surface area contributed by atoms with Crippen molar-refractivity contribution in [2.45, 2.75) is 6.04 Å². The number of primary amides is 1. The van der Waals surface area contributed by atoms with Crippen LogP contribution in [0.15, 0.2) is 47.3 Å². The third kappa shape index (κ3) is 2.69. The second kappa shape index (κ2) is 5.80. The molecule has 1 aromatic carbocycles. The van der Waals surface area contributed by atoms with Gasteiger partial charge < -0.3 is 20.4 Å². The van der Waals surface area contributed by atoms with Gasteiger partial charge in [0, 0.05) is 54.3 Å². The van der Waals surface area contributed by atoms with Crippen LogP contribution >= 0.6 is 0 Å². The molecule has 0 bridgehead atoms. The quantitative estimate of drug-likeness (QED) is 0.719. The van der Waals surface area contributed by atoms with E-state index < -0.39 is 5.91 Å². The zero-order chi connectivity index (χ0) is 18.5. The molecular weight excluding hydrogens is 346 g/mol. The van der Waals surface area contributed by atoms with Crippen LogP contribution in [0.4, 0.5) is 5.95 Å². The molecule has 2 atom stereocenters. The first-order chi connectivity index (χ1) is 13.1. The van der Waals surface area contributed by atoms with E-state index in [-0.39, 0.29) is 11.9 Å². The van der Waals surface area contributed by atoms with Crippen LogP contribution in [0.2, 0.25) is 0 Å². The maximum absolute atomic E-state index is 12.5. The number of hydrogen-bond acceptors (Lipinski definition) is 6. The number of aromatic nitrogens is 2. The number of benzene rings is 1. The number of fused-ring (bicyclic) bond motifs is 2. The molecule has 2 aromatic heterocycles. The number of nitrogens with zero attached hydrogens (tertiary/aromatic N) is 3. The van der Waals surface area contributed by atoms with Gasteiger partial charge in [-0.25, -0.2) is 9.97 Å². The Morgan fingerprint density at radius 3 is 2.56 bits per heavy atom. The lowest BCUT2D eigenvalue weighted by Gasteiger charge is -2.20. The SMILES string of the molecule is NC(=O)c1cnc(N2CC3C(C2)C3NC(=O)c2ccc3occc3c2)nc1. The Bertz CT molecular complexity index is 1030. The topological polar surface area (TPSA) is 114 Å². The van der Waals surface area contributed by atoms with Crippen molar-refractivity contribution in [3.63, 3.8) is 0 Å².